The highest BCUT2D eigenvalue weighted by atomic mass is 16.4. The second-order valence-electron chi connectivity index (χ2n) is 5.16. The molecule has 1 aromatic heterocycles. The molecule has 1 heterocycles. The number of anilines is 1. The van der Waals surface area contributed by atoms with Crippen molar-refractivity contribution in [2.45, 2.75) is 39.7 Å². The van der Waals surface area contributed by atoms with Crippen molar-refractivity contribution < 1.29 is 9.21 Å². The van der Waals surface area contributed by atoms with E-state index in [1.807, 2.05) is 31.2 Å². The average molecular weight is 287 g/mol. The number of nitrogens with one attached hydrogen (secondary N) is 2. The van der Waals surface area contributed by atoms with E-state index in [-0.39, 0.29) is 12.6 Å². The number of amides is 2. The van der Waals surface area contributed by atoms with Gasteiger partial charge in [0, 0.05) is 12.1 Å². The Morgan fingerprint density at radius 1 is 1.38 bits per heavy atom. The van der Waals surface area contributed by atoms with Crippen molar-refractivity contribution in [3.05, 3.63) is 47.7 Å². The normalized spacial score (nSPS) is 10.7. The van der Waals surface area contributed by atoms with E-state index in [0.717, 1.165) is 17.9 Å². The van der Waals surface area contributed by atoms with Gasteiger partial charge >= 0.3 is 6.03 Å². The second-order valence-corrected chi connectivity index (χ2v) is 5.16. The van der Waals surface area contributed by atoms with Crippen LogP contribution in [0.15, 0.2) is 34.9 Å². The van der Waals surface area contributed by atoms with Crippen LogP contribution in [0.5, 0.6) is 0 Å². The fourth-order valence-electron chi connectivity index (χ4n) is 1.90. The zero-order chi connectivity index (χ0) is 15.2. The minimum atomic E-state index is -0.271. The molecule has 0 bridgehead atoms. The molecule has 0 aliphatic carbocycles. The van der Waals surface area contributed by atoms with Crippen LogP contribution in [0.3, 0.4) is 0 Å². The molecule has 0 aliphatic rings. The number of urea groups is 1. The molecule has 0 radical (unpaired) electrons. The summed E-state index contributed by atoms with van der Waals surface area (Å²) in [4.78, 5) is 15.9. The van der Waals surface area contributed by atoms with Crippen molar-refractivity contribution in [3.8, 4) is 0 Å². The fourth-order valence-corrected chi connectivity index (χ4v) is 1.90. The summed E-state index contributed by atoms with van der Waals surface area (Å²) in [6.45, 7) is 6.50. The van der Waals surface area contributed by atoms with Crippen molar-refractivity contribution in [1.82, 2.24) is 10.3 Å². The third kappa shape index (κ3) is 4.34. The second kappa shape index (κ2) is 6.92. The van der Waals surface area contributed by atoms with Gasteiger partial charge in [0.05, 0.1) is 12.7 Å². The molecule has 21 heavy (non-hydrogen) atoms. The zero-order valence-corrected chi connectivity index (χ0v) is 12.6. The number of hydrogen-bond donors (Lipinski definition) is 2. The van der Waals surface area contributed by atoms with Crippen molar-refractivity contribution in [2.75, 3.05) is 5.32 Å². The molecular formula is C16H21N3O2. The molecule has 2 amide bonds. The summed E-state index contributed by atoms with van der Waals surface area (Å²) < 4.78 is 5.43. The number of rotatable bonds is 5. The molecule has 0 unspecified atom stereocenters. The van der Waals surface area contributed by atoms with Crippen LogP contribution in [0.2, 0.25) is 0 Å². The van der Waals surface area contributed by atoms with E-state index in [2.05, 4.69) is 29.5 Å². The smallest absolute Gasteiger partial charge is 0.319 e. The summed E-state index contributed by atoms with van der Waals surface area (Å²) in [7, 11) is 0. The van der Waals surface area contributed by atoms with Gasteiger partial charge in [0.25, 0.3) is 0 Å². The number of hydrogen-bond acceptors (Lipinski definition) is 3. The van der Waals surface area contributed by atoms with Crippen molar-refractivity contribution in [2.24, 2.45) is 0 Å². The van der Waals surface area contributed by atoms with Crippen molar-refractivity contribution in [3.63, 3.8) is 0 Å². The monoisotopic (exact) mass is 287 g/mol. The Bertz CT molecular complexity index is 605. The molecule has 2 aromatic rings. The fraction of sp³-hybridized carbons (Fsp3) is 0.375. The maximum atomic E-state index is 11.9. The molecule has 112 valence electrons. The van der Waals surface area contributed by atoms with Crippen LogP contribution >= 0.6 is 0 Å². The van der Waals surface area contributed by atoms with Crippen LogP contribution in [-0.2, 0) is 13.0 Å². The molecule has 5 nitrogen and oxygen atoms in total. The van der Waals surface area contributed by atoms with Crippen LogP contribution in [0.4, 0.5) is 10.5 Å². The molecule has 0 spiro atoms. The van der Waals surface area contributed by atoms with Crippen LogP contribution in [0, 0.1) is 0 Å². The van der Waals surface area contributed by atoms with Gasteiger partial charge < -0.3 is 15.1 Å². The van der Waals surface area contributed by atoms with E-state index in [1.54, 1.807) is 6.20 Å². The lowest BCUT2D eigenvalue weighted by molar-refractivity contribution is 0.250. The summed E-state index contributed by atoms with van der Waals surface area (Å²) in [6, 6.07) is 7.56. The van der Waals surface area contributed by atoms with Crippen molar-refractivity contribution >= 4 is 11.7 Å². The van der Waals surface area contributed by atoms with Crippen LogP contribution in [0.1, 0.15) is 43.9 Å². The van der Waals surface area contributed by atoms with Crippen LogP contribution in [0.25, 0.3) is 0 Å². The molecule has 5 heteroatoms. The Balaban J connectivity index is 1.88. The predicted molar refractivity (Wildman–Crippen MR) is 82.3 cm³/mol. The van der Waals surface area contributed by atoms with Crippen molar-refractivity contribution in [1.29, 1.82) is 0 Å². The lowest BCUT2D eigenvalue weighted by Gasteiger charge is -2.09. The average Bonchev–Trinajstić information content (AvgIpc) is 2.93. The number of benzene rings is 1. The lowest BCUT2D eigenvalue weighted by Crippen LogP contribution is -2.28. The third-order valence-corrected chi connectivity index (χ3v) is 3.16. The van der Waals surface area contributed by atoms with E-state index in [0.29, 0.717) is 11.8 Å². The zero-order valence-electron chi connectivity index (χ0n) is 12.6. The Morgan fingerprint density at radius 2 is 2.19 bits per heavy atom. The Morgan fingerprint density at radius 3 is 2.86 bits per heavy atom. The highest BCUT2D eigenvalue weighted by molar-refractivity contribution is 5.89. The Labute approximate surface area is 124 Å². The summed E-state index contributed by atoms with van der Waals surface area (Å²) in [5.74, 6) is 1.75. The van der Waals surface area contributed by atoms with Crippen LogP contribution in [-0.4, -0.2) is 11.0 Å². The van der Waals surface area contributed by atoms with E-state index >= 15 is 0 Å². The highest BCUT2D eigenvalue weighted by Gasteiger charge is 2.07. The quantitative estimate of drug-likeness (QED) is 0.881. The number of aryl methyl sites for hydroxylation is 1. The van der Waals surface area contributed by atoms with Gasteiger partial charge in [-0.25, -0.2) is 9.78 Å². The molecule has 1 aromatic carbocycles. The standard InChI is InChI=1S/C16H21N3O2/c1-4-14-9-17-15(21-14)10-18-16(20)19-13-7-5-6-12(8-13)11(2)3/h5-9,11H,4,10H2,1-3H3,(H2,18,19,20). The Hall–Kier alpha value is -2.30. The van der Waals surface area contributed by atoms with Gasteiger partial charge in [-0.3, -0.25) is 0 Å². The van der Waals surface area contributed by atoms with Gasteiger partial charge in [0.2, 0.25) is 5.89 Å². The summed E-state index contributed by atoms with van der Waals surface area (Å²) >= 11 is 0. The first kappa shape index (κ1) is 15.1. The van der Waals surface area contributed by atoms with Gasteiger partial charge in [0.1, 0.15) is 5.76 Å². The largest absolute Gasteiger partial charge is 0.444 e. The molecule has 0 atom stereocenters. The number of nitrogens with zero attached hydrogens (tertiary/aromatic N) is 1. The van der Waals surface area contributed by atoms with Gasteiger partial charge in [-0.1, -0.05) is 32.9 Å². The minimum Gasteiger partial charge on any atom is -0.444 e. The number of aromatic nitrogens is 1. The molecule has 2 N–H and O–H groups in total. The summed E-state index contributed by atoms with van der Waals surface area (Å²) in [6.07, 6.45) is 2.47. The van der Waals surface area contributed by atoms with Crippen LogP contribution < -0.4 is 10.6 Å². The van der Waals surface area contributed by atoms with E-state index in [9.17, 15) is 4.79 Å². The summed E-state index contributed by atoms with van der Waals surface area (Å²) in [5, 5.41) is 5.54. The topological polar surface area (TPSA) is 67.2 Å². The first-order valence-electron chi connectivity index (χ1n) is 7.17. The van der Waals surface area contributed by atoms with E-state index in [1.165, 1.54) is 5.56 Å². The minimum absolute atomic E-state index is 0.271. The van der Waals surface area contributed by atoms with Gasteiger partial charge in [-0.05, 0) is 23.6 Å². The van der Waals surface area contributed by atoms with E-state index < -0.39 is 0 Å². The number of carbonyl (C=O) groups is 1. The maximum absolute atomic E-state index is 11.9. The third-order valence-electron chi connectivity index (χ3n) is 3.16. The van der Waals surface area contributed by atoms with Gasteiger partial charge in [-0.2, -0.15) is 0 Å². The molecule has 0 fully saturated rings. The number of carbonyl (C=O) groups excluding carboxylic acids is 1. The first-order chi connectivity index (χ1) is 10.1. The Kier molecular flexibility index (Phi) is 4.98. The molecule has 0 saturated heterocycles. The number of oxazole rings is 1. The first-order valence-corrected chi connectivity index (χ1v) is 7.17. The summed E-state index contributed by atoms with van der Waals surface area (Å²) in [5.41, 5.74) is 1.97. The maximum Gasteiger partial charge on any atom is 0.319 e. The molecular weight excluding hydrogens is 266 g/mol. The highest BCUT2D eigenvalue weighted by Crippen LogP contribution is 2.18. The predicted octanol–water partition coefficient (Wildman–Crippen LogP) is 3.68. The van der Waals surface area contributed by atoms with E-state index in [4.69, 9.17) is 4.42 Å². The molecule has 0 aliphatic heterocycles. The molecule has 2 rings (SSSR count). The van der Waals surface area contributed by atoms with Gasteiger partial charge in [0.15, 0.2) is 0 Å². The lowest BCUT2D eigenvalue weighted by atomic mass is 10.0. The van der Waals surface area contributed by atoms with Gasteiger partial charge in [-0.15, -0.1) is 0 Å². The SMILES string of the molecule is CCc1cnc(CNC(=O)Nc2cccc(C(C)C)c2)o1. The molecule has 0 saturated carbocycles.